The Bertz CT molecular complexity index is 2950. The van der Waals surface area contributed by atoms with Crippen LogP contribution in [-0.2, 0) is 0 Å². The van der Waals surface area contributed by atoms with E-state index >= 15 is 0 Å². The van der Waals surface area contributed by atoms with Gasteiger partial charge in [0, 0.05) is 10.9 Å². The summed E-state index contributed by atoms with van der Waals surface area (Å²) in [6.45, 7) is 0. The van der Waals surface area contributed by atoms with Gasteiger partial charge in [-0.2, -0.15) is 0 Å². The van der Waals surface area contributed by atoms with E-state index in [9.17, 15) is 0 Å². The average Bonchev–Trinajstić information content (AvgIpc) is 3.17. The van der Waals surface area contributed by atoms with Gasteiger partial charge in [0.15, 0.2) is 0 Å². The van der Waals surface area contributed by atoms with Crippen LogP contribution in [0.2, 0.25) is 0 Å². The van der Waals surface area contributed by atoms with E-state index in [-0.39, 0.29) is 0 Å². The summed E-state index contributed by atoms with van der Waals surface area (Å²) in [4.78, 5) is 0. The third-order valence-corrected chi connectivity index (χ3v) is 10.6. The van der Waals surface area contributed by atoms with E-state index < -0.39 is 0 Å². The second-order valence-electron chi connectivity index (χ2n) is 13.2. The minimum Gasteiger partial charge on any atom is -0.456 e. The number of ether oxygens (including phenoxy) is 1. The van der Waals surface area contributed by atoms with Crippen molar-refractivity contribution in [2.75, 3.05) is 0 Å². The maximum atomic E-state index is 6.36. The SMILES string of the molecule is c1ccc(-c2ccc3ccc4c(-c5ccc6cc(-c7ccc8c9c(cccc79)-c7ccccc7O8)ccc6c5)ccc5ccc2c3c54)cc1. The van der Waals surface area contributed by atoms with E-state index in [0.717, 1.165) is 17.1 Å². The van der Waals surface area contributed by atoms with Crippen molar-refractivity contribution in [1.29, 1.82) is 0 Å². The first kappa shape index (κ1) is 26.6. The Morgan fingerprint density at radius 2 is 0.796 bits per heavy atom. The Labute approximate surface area is 283 Å². The Balaban J connectivity index is 1.04. The van der Waals surface area contributed by atoms with Crippen LogP contribution in [-0.4, -0.2) is 0 Å². The molecule has 0 amide bonds. The summed E-state index contributed by atoms with van der Waals surface area (Å²) >= 11 is 0. The van der Waals surface area contributed by atoms with Crippen LogP contribution in [0.3, 0.4) is 0 Å². The van der Waals surface area contributed by atoms with Crippen LogP contribution >= 0.6 is 0 Å². The third-order valence-electron chi connectivity index (χ3n) is 10.6. The van der Waals surface area contributed by atoms with Crippen LogP contribution in [0.4, 0.5) is 0 Å². The topological polar surface area (TPSA) is 9.23 Å². The Kier molecular flexibility index (Phi) is 5.45. The predicted molar refractivity (Wildman–Crippen MR) is 207 cm³/mol. The monoisotopic (exact) mass is 620 g/mol. The lowest BCUT2D eigenvalue weighted by Crippen LogP contribution is -1.97. The molecule has 0 bridgehead atoms. The molecule has 0 atom stereocenters. The Morgan fingerprint density at radius 3 is 1.49 bits per heavy atom. The van der Waals surface area contributed by atoms with Gasteiger partial charge in [-0.15, -0.1) is 0 Å². The van der Waals surface area contributed by atoms with Crippen molar-refractivity contribution in [3.05, 3.63) is 170 Å². The molecule has 0 aromatic heterocycles. The fourth-order valence-electron chi connectivity index (χ4n) is 8.34. The highest BCUT2D eigenvalue weighted by atomic mass is 16.5. The fourth-order valence-corrected chi connectivity index (χ4v) is 8.34. The van der Waals surface area contributed by atoms with E-state index in [1.807, 2.05) is 12.1 Å². The molecule has 0 spiro atoms. The first-order valence-electron chi connectivity index (χ1n) is 16.9. The maximum absolute atomic E-state index is 6.36. The highest BCUT2D eigenvalue weighted by Crippen LogP contribution is 2.49. The highest BCUT2D eigenvalue weighted by Gasteiger charge is 2.21. The molecule has 0 unspecified atom stereocenters. The normalized spacial score (nSPS) is 12.2. The molecule has 0 N–H and O–H groups in total. The molecule has 1 aliphatic heterocycles. The zero-order chi connectivity index (χ0) is 32.1. The van der Waals surface area contributed by atoms with E-state index in [2.05, 4.69) is 158 Å². The third kappa shape index (κ3) is 3.87. The van der Waals surface area contributed by atoms with Crippen molar-refractivity contribution < 1.29 is 4.74 Å². The van der Waals surface area contributed by atoms with Gasteiger partial charge < -0.3 is 4.74 Å². The number of benzene rings is 10. The zero-order valence-corrected chi connectivity index (χ0v) is 26.6. The lowest BCUT2D eigenvalue weighted by molar-refractivity contribution is 0.487. The van der Waals surface area contributed by atoms with Crippen LogP contribution in [0.5, 0.6) is 11.5 Å². The molecule has 0 saturated heterocycles. The molecule has 0 radical (unpaired) electrons. The van der Waals surface area contributed by atoms with Crippen molar-refractivity contribution in [1.82, 2.24) is 0 Å². The van der Waals surface area contributed by atoms with E-state index in [0.29, 0.717) is 0 Å². The van der Waals surface area contributed by atoms with Gasteiger partial charge in [0.25, 0.3) is 0 Å². The molecule has 11 rings (SSSR count). The van der Waals surface area contributed by atoms with Crippen molar-refractivity contribution in [3.63, 3.8) is 0 Å². The number of hydrogen-bond donors (Lipinski definition) is 0. The van der Waals surface area contributed by atoms with Gasteiger partial charge in [-0.05, 0) is 112 Å². The molecule has 226 valence electrons. The van der Waals surface area contributed by atoms with Crippen molar-refractivity contribution >= 4 is 53.9 Å². The van der Waals surface area contributed by atoms with Crippen molar-refractivity contribution in [2.45, 2.75) is 0 Å². The smallest absolute Gasteiger partial charge is 0.135 e. The second-order valence-corrected chi connectivity index (χ2v) is 13.2. The Morgan fingerprint density at radius 1 is 0.265 bits per heavy atom. The first-order chi connectivity index (χ1) is 24.3. The van der Waals surface area contributed by atoms with E-state index in [1.165, 1.54) is 92.8 Å². The molecular weight excluding hydrogens is 593 g/mol. The molecular formula is C48H28O. The lowest BCUT2D eigenvalue weighted by atomic mass is 9.87. The van der Waals surface area contributed by atoms with Crippen LogP contribution < -0.4 is 4.74 Å². The molecule has 1 aliphatic rings. The summed E-state index contributed by atoms with van der Waals surface area (Å²) in [6.07, 6.45) is 0. The second kappa shape index (κ2) is 10.0. The standard InChI is InChI=1S/C48H28O/c1-2-7-29(8-3-1)36-21-17-30-20-24-43-37(22-18-31-19-23-42(36)46(30)47(31)43)34-15-13-33-28-35(16-14-32(33)27-34)38-25-26-45-48-40(38)10-6-11-41(48)39-9-4-5-12-44(39)49-45/h1-28H. The van der Waals surface area contributed by atoms with Gasteiger partial charge >= 0.3 is 0 Å². The summed E-state index contributed by atoms with van der Waals surface area (Å²) < 4.78 is 6.36. The number of hydrogen-bond acceptors (Lipinski definition) is 1. The van der Waals surface area contributed by atoms with Crippen LogP contribution in [0.15, 0.2) is 170 Å². The van der Waals surface area contributed by atoms with Gasteiger partial charge in [-0.3, -0.25) is 0 Å². The molecule has 0 fully saturated rings. The van der Waals surface area contributed by atoms with Gasteiger partial charge in [-0.1, -0.05) is 146 Å². The molecule has 1 nitrogen and oxygen atoms in total. The summed E-state index contributed by atoms with van der Waals surface area (Å²) in [5.41, 5.74) is 9.83. The molecule has 1 heterocycles. The lowest BCUT2D eigenvalue weighted by Gasteiger charge is -2.22. The van der Waals surface area contributed by atoms with Crippen LogP contribution in [0, 0.1) is 0 Å². The summed E-state index contributed by atoms with van der Waals surface area (Å²) in [7, 11) is 0. The van der Waals surface area contributed by atoms with Crippen molar-refractivity contribution in [2.24, 2.45) is 0 Å². The quantitative estimate of drug-likeness (QED) is 0.179. The minimum atomic E-state index is 0.915. The average molecular weight is 621 g/mol. The molecule has 10 aromatic rings. The molecule has 1 heteroatoms. The fraction of sp³-hybridized carbons (Fsp3) is 0. The van der Waals surface area contributed by atoms with Crippen LogP contribution in [0.1, 0.15) is 0 Å². The minimum absolute atomic E-state index is 0.915. The van der Waals surface area contributed by atoms with Gasteiger partial charge in [0.1, 0.15) is 11.5 Å². The molecule has 49 heavy (non-hydrogen) atoms. The van der Waals surface area contributed by atoms with Gasteiger partial charge in [0.05, 0.1) is 0 Å². The number of fused-ring (bicyclic) bond motifs is 3. The molecule has 10 aromatic carbocycles. The Hall–Kier alpha value is -6.44. The first-order valence-corrected chi connectivity index (χ1v) is 16.9. The van der Waals surface area contributed by atoms with E-state index in [4.69, 9.17) is 4.74 Å². The summed E-state index contributed by atoms with van der Waals surface area (Å²) in [5.74, 6) is 1.83. The molecule has 0 saturated carbocycles. The number of para-hydroxylation sites is 1. The predicted octanol–water partition coefficient (Wildman–Crippen LogP) is 13.7. The van der Waals surface area contributed by atoms with Crippen LogP contribution in [0.25, 0.3) is 98.4 Å². The van der Waals surface area contributed by atoms with E-state index in [1.54, 1.807) is 0 Å². The zero-order valence-electron chi connectivity index (χ0n) is 26.6. The largest absolute Gasteiger partial charge is 0.456 e. The highest BCUT2D eigenvalue weighted by molar-refractivity contribution is 6.27. The van der Waals surface area contributed by atoms with Gasteiger partial charge in [0.2, 0.25) is 0 Å². The summed E-state index contributed by atoms with van der Waals surface area (Å²) in [6, 6.07) is 62.1. The maximum Gasteiger partial charge on any atom is 0.135 e. The molecule has 0 aliphatic carbocycles. The van der Waals surface area contributed by atoms with Gasteiger partial charge in [-0.25, -0.2) is 0 Å². The summed E-state index contributed by atoms with van der Waals surface area (Å²) in [5, 5.41) is 12.7. The number of rotatable bonds is 3. The van der Waals surface area contributed by atoms with Crippen molar-refractivity contribution in [3.8, 4) is 56.0 Å².